The van der Waals surface area contributed by atoms with Crippen molar-refractivity contribution in [1.29, 1.82) is 0 Å². The maximum Gasteiger partial charge on any atom is 0.337 e. The molecule has 1 unspecified atom stereocenters. The molecule has 1 aromatic carbocycles. The van der Waals surface area contributed by atoms with Crippen LogP contribution in [0.15, 0.2) is 24.3 Å². The monoisotopic (exact) mass is 276 g/mol. The number of hydrogen-bond donors (Lipinski definition) is 1. The zero-order chi connectivity index (χ0) is 14.5. The molecule has 1 aliphatic rings. The summed E-state index contributed by atoms with van der Waals surface area (Å²) in [5, 5.41) is 0. The third-order valence-electron chi connectivity index (χ3n) is 3.75. The molecule has 20 heavy (non-hydrogen) atoms. The lowest BCUT2D eigenvalue weighted by atomic mass is 10.1. The van der Waals surface area contributed by atoms with Crippen LogP contribution in [-0.2, 0) is 16.0 Å². The van der Waals surface area contributed by atoms with Gasteiger partial charge in [0.15, 0.2) is 0 Å². The predicted molar refractivity (Wildman–Crippen MR) is 75.3 cm³/mol. The molecule has 0 aliphatic carbocycles. The molecule has 1 heterocycles. The number of ether oxygens (including phenoxy) is 1. The van der Waals surface area contributed by atoms with Crippen molar-refractivity contribution in [3.63, 3.8) is 0 Å². The molecular formula is C15H20N2O3. The Hall–Kier alpha value is -1.88. The molecular weight excluding hydrogens is 256 g/mol. The van der Waals surface area contributed by atoms with E-state index in [1.165, 1.54) is 7.11 Å². The second-order valence-electron chi connectivity index (χ2n) is 5.03. The summed E-state index contributed by atoms with van der Waals surface area (Å²) in [5.41, 5.74) is 7.07. The third-order valence-corrected chi connectivity index (χ3v) is 3.75. The van der Waals surface area contributed by atoms with Crippen LogP contribution in [0.1, 0.15) is 28.8 Å². The van der Waals surface area contributed by atoms with Crippen molar-refractivity contribution in [1.82, 2.24) is 4.90 Å². The van der Waals surface area contributed by atoms with Crippen molar-refractivity contribution < 1.29 is 14.3 Å². The van der Waals surface area contributed by atoms with Gasteiger partial charge in [-0.25, -0.2) is 4.79 Å². The number of hydrogen-bond acceptors (Lipinski definition) is 4. The molecule has 0 saturated carbocycles. The molecule has 5 heteroatoms. The highest BCUT2D eigenvalue weighted by Crippen LogP contribution is 2.17. The molecule has 0 bridgehead atoms. The van der Waals surface area contributed by atoms with E-state index in [1.807, 2.05) is 12.1 Å². The largest absolute Gasteiger partial charge is 0.465 e. The van der Waals surface area contributed by atoms with Crippen LogP contribution in [-0.4, -0.2) is 43.0 Å². The van der Waals surface area contributed by atoms with E-state index in [0.29, 0.717) is 5.56 Å². The van der Waals surface area contributed by atoms with E-state index in [9.17, 15) is 9.59 Å². The normalized spacial score (nSPS) is 18.9. The van der Waals surface area contributed by atoms with Gasteiger partial charge in [-0.2, -0.15) is 0 Å². The molecule has 1 fully saturated rings. The van der Waals surface area contributed by atoms with Crippen LogP contribution in [0, 0.1) is 0 Å². The number of carbonyl (C=O) groups is 2. The standard InChI is InChI=1S/C15H20N2O3/c1-20-15(19)12-6-4-11(5-7-12)8-10-17-9-2-3-13(17)14(16)18/h4-7,13H,2-3,8-10H2,1H3,(H2,16,18). The van der Waals surface area contributed by atoms with Gasteiger partial charge in [-0.15, -0.1) is 0 Å². The van der Waals surface area contributed by atoms with Crippen LogP contribution in [0.3, 0.4) is 0 Å². The number of methoxy groups -OCH3 is 1. The smallest absolute Gasteiger partial charge is 0.337 e. The van der Waals surface area contributed by atoms with Crippen LogP contribution in [0.2, 0.25) is 0 Å². The number of nitrogens with two attached hydrogens (primary N) is 1. The van der Waals surface area contributed by atoms with Gasteiger partial charge in [-0.05, 0) is 43.5 Å². The summed E-state index contributed by atoms with van der Waals surface area (Å²) >= 11 is 0. The Bertz CT molecular complexity index is 484. The number of esters is 1. The summed E-state index contributed by atoms with van der Waals surface area (Å²) in [6.07, 6.45) is 2.72. The minimum atomic E-state index is -0.329. The van der Waals surface area contributed by atoms with Crippen molar-refractivity contribution in [2.75, 3.05) is 20.2 Å². The molecule has 1 saturated heterocycles. The van der Waals surface area contributed by atoms with Gasteiger partial charge in [0.05, 0.1) is 18.7 Å². The van der Waals surface area contributed by atoms with Gasteiger partial charge >= 0.3 is 5.97 Å². The molecule has 1 atom stereocenters. The number of rotatable bonds is 5. The molecule has 108 valence electrons. The molecule has 1 aliphatic heterocycles. The molecule has 2 N–H and O–H groups in total. The average molecular weight is 276 g/mol. The van der Waals surface area contributed by atoms with E-state index < -0.39 is 0 Å². The number of nitrogens with zero attached hydrogens (tertiary/aromatic N) is 1. The summed E-state index contributed by atoms with van der Waals surface area (Å²) in [4.78, 5) is 24.8. The Kier molecular flexibility index (Phi) is 4.74. The maximum atomic E-state index is 11.3. The van der Waals surface area contributed by atoms with Crippen LogP contribution in [0.25, 0.3) is 0 Å². The highest BCUT2D eigenvalue weighted by molar-refractivity contribution is 5.89. The molecule has 2 rings (SSSR count). The van der Waals surface area contributed by atoms with Gasteiger partial charge in [-0.1, -0.05) is 12.1 Å². The Balaban J connectivity index is 1.91. The SMILES string of the molecule is COC(=O)c1ccc(CCN2CCCC2C(N)=O)cc1. The second kappa shape index (κ2) is 6.52. The van der Waals surface area contributed by atoms with Crippen molar-refractivity contribution in [3.05, 3.63) is 35.4 Å². The van der Waals surface area contributed by atoms with Gasteiger partial charge in [0.25, 0.3) is 0 Å². The van der Waals surface area contributed by atoms with Crippen LogP contribution < -0.4 is 5.73 Å². The highest BCUT2D eigenvalue weighted by atomic mass is 16.5. The number of benzene rings is 1. The lowest BCUT2D eigenvalue weighted by Crippen LogP contribution is -2.41. The third kappa shape index (κ3) is 3.36. The fourth-order valence-corrected chi connectivity index (χ4v) is 2.61. The van der Waals surface area contributed by atoms with Crippen molar-refractivity contribution >= 4 is 11.9 Å². The predicted octanol–water partition coefficient (Wildman–Crippen LogP) is 0.965. The fraction of sp³-hybridized carbons (Fsp3) is 0.467. The van der Waals surface area contributed by atoms with E-state index >= 15 is 0 Å². The van der Waals surface area contributed by atoms with Crippen molar-refractivity contribution in [3.8, 4) is 0 Å². The molecule has 0 spiro atoms. The minimum absolute atomic E-state index is 0.121. The van der Waals surface area contributed by atoms with Gasteiger partial charge in [-0.3, -0.25) is 9.69 Å². The Morgan fingerprint density at radius 3 is 2.65 bits per heavy atom. The van der Waals surface area contributed by atoms with E-state index in [2.05, 4.69) is 9.64 Å². The van der Waals surface area contributed by atoms with Crippen molar-refractivity contribution in [2.24, 2.45) is 5.73 Å². The number of carbonyl (C=O) groups excluding carboxylic acids is 2. The summed E-state index contributed by atoms with van der Waals surface area (Å²) in [5.74, 6) is -0.562. The van der Waals surface area contributed by atoms with Crippen molar-refractivity contribution in [2.45, 2.75) is 25.3 Å². The molecule has 1 amide bonds. The first-order chi connectivity index (χ1) is 9.61. The molecule has 5 nitrogen and oxygen atoms in total. The summed E-state index contributed by atoms with van der Waals surface area (Å²) in [6, 6.07) is 7.24. The second-order valence-corrected chi connectivity index (χ2v) is 5.03. The van der Waals surface area contributed by atoms with E-state index in [4.69, 9.17) is 5.73 Å². The molecule has 0 aromatic heterocycles. The summed E-state index contributed by atoms with van der Waals surface area (Å²) in [6.45, 7) is 1.74. The van der Waals surface area contributed by atoms with Gasteiger partial charge in [0.2, 0.25) is 5.91 Å². The van der Waals surface area contributed by atoms with Gasteiger partial charge < -0.3 is 10.5 Å². The lowest BCUT2D eigenvalue weighted by molar-refractivity contribution is -0.122. The quantitative estimate of drug-likeness (QED) is 0.813. The Morgan fingerprint density at radius 1 is 1.35 bits per heavy atom. The lowest BCUT2D eigenvalue weighted by Gasteiger charge is -2.21. The fourth-order valence-electron chi connectivity index (χ4n) is 2.61. The van der Waals surface area contributed by atoms with Gasteiger partial charge in [0, 0.05) is 6.54 Å². The number of amides is 1. The molecule has 0 radical (unpaired) electrons. The minimum Gasteiger partial charge on any atom is -0.465 e. The first-order valence-corrected chi connectivity index (χ1v) is 6.82. The Labute approximate surface area is 118 Å². The van der Waals surface area contributed by atoms with Gasteiger partial charge in [0.1, 0.15) is 0 Å². The first kappa shape index (κ1) is 14.5. The van der Waals surface area contributed by atoms with Crippen LogP contribution >= 0.6 is 0 Å². The Morgan fingerprint density at radius 2 is 2.05 bits per heavy atom. The van der Waals surface area contributed by atoms with E-state index in [0.717, 1.165) is 37.9 Å². The zero-order valence-corrected chi connectivity index (χ0v) is 11.7. The zero-order valence-electron chi connectivity index (χ0n) is 11.7. The van der Waals surface area contributed by atoms with Crippen LogP contribution in [0.5, 0.6) is 0 Å². The average Bonchev–Trinajstić information content (AvgIpc) is 2.93. The molecule has 1 aromatic rings. The topological polar surface area (TPSA) is 72.6 Å². The van der Waals surface area contributed by atoms with E-state index in [-0.39, 0.29) is 17.9 Å². The maximum absolute atomic E-state index is 11.3. The highest BCUT2D eigenvalue weighted by Gasteiger charge is 2.28. The summed E-state index contributed by atoms with van der Waals surface area (Å²) < 4.78 is 4.66. The summed E-state index contributed by atoms with van der Waals surface area (Å²) in [7, 11) is 1.37. The number of likely N-dealkylation sites (tertiary alicyclic amines) is 1. The number of primary amides is 1. The first-order valence-electron chi connectivity index (χ1n) is 6.82. The van der Waals surface area contributed by atoms with E-state index in [1.54, 1.807) is 12.1 Å². The van der Waals surface area contributed by atoms with Crippen LogP contribution in [0.4, 0.5) is 0 Å².